The summed E-state index contributed by atoms with van der Waals surface area (Å²) in [6, 6.07) is 15.7. The molecule has 0 aromatic heterocycles. The molecule has 0 fully saturated rings. The Hall–Kier alpha value is -1.81. The maximum absolute atomic E-state index is 10.6. The van der Waals surface area contributed by atoms with E-state index in [1.807, 2.05) is 37.3 Å². The Bertz CT molecular complexity index is 598. The smallest absolute Gasteiger partial charge is 0.222 e. The topological polar surface area (TPSA) is 46.2 Å². The lowest BCUT2D eigenvalue weighted by Crippen LogP contribution is -1.98. The van der Waals surface area contributed by atoms with Crippen molar-refractivity contribution in [2.75, 3.05) is 4.72 Å². The number of benzene rings is 2. The van der Waals surface area contributed by atoms with Crippen LogP contribution in [0.3, 0.4) is 0 Å². The van der Waals surface area contributed by atoms with Crippen LogP contribution in [-0.4, -0.2) is 8.42 Å². The minimum atomic E-state index is -2.61. The quantitative estimate of drug-likeness (QED) is 0.831. The van der Waals surface area contributed by atoms with E-state index in [4.69, 9.17) is 0 Å². The molecule has 18 heavy (non-hydrogen) atoms. The van der Waals surface area contributed by atoms with E-state index >= 15 is 0 Å². The Morgan fingerprint density at radius 3 is 2.44 bits per heavy atom. The second-order valence-electron chi connectivity index (χ2n) is 4.17. The largest absolute Gasteiger partial charge is 0.286 e. The molecule has 0 radical (unpaired) electrons. The highest BCUT2D eigenvalue weighted by Crippen LogP contribution is 2.18. The molecule has 1 N–H and O–H groups in total. The van der Waals surface area contributed by atoms with Crippen LogP contribution >= 0.6 is 0 Å². The van der Waals surface area contributed by atoms with Crippen LogP contribution in [0.1, 0.15) is 16.7 Å². The van der Waals surface area contributed by atoms with Crippen LogP contribution in [0, 0.1) is 6.92 Å². The van der Waals surface area contributed by atoms with Crippen molar-refractivity contribution in [2.24, 2.45) is 0 Å². The van der Waals surface area contributed by atoms with Gasteiger partial charge in [-0.15, -0.1) is 0 Å². The van der Waals surface area contributed by atoms with Crippen molar-refractivity contribution in [3.63, 3.8) is 0 Å². The zero-order valence-corrected chi connectivity index (χ0v) is 11.0. The molecule has 0 aliphatic heterocycles. The van der Waals surface area contributed by atoms with Crippen molar-refractivity contribution in [1.29, 1.82) is 0 Å². The third-order valence-corrected chi connectivity index (χ3v) is 3.25. The highest BCUT2D eigenvalue weighted by molar-refractivity contribution is 7.73. The summed E-state index contributed by atoms with van der Waals surface area (Å²) in [6.45, 7) is 2.03. The molecule has 2 aromatic carbocycles. The first-order valence-corrected chi connectivity index (χ1v) is 6.87. The molecule has 0 heterocycles. The molecule has 0 atom stereocenters. The molecule has 0 saturated heterocycles. The van der Waals surface area contributed by atoms with Crippen LogP contribution in [0.25, 0.3) is 0 Å². The summed E-state index contributed by atoms with van der Waals surface area (Å²) >= 11 is 0. The van der Waals surface area contributed by atoms with Crippen LogP contribution in [0.15, 0.2) is 48.5 Å². The Balaban J connectivity index is 2.26. The predicted octanol–water partition coefficient (Wildman–Crippen LogP) is 2.52. The molecule has 3 nitrogen and oxygen atoms in total. The van der Waals surface area contributed by atoms with Crippen molar-refractivity contribution in [1.82, 2.24) is 0 Å². The molecular weight excluding hydrogens is 246 g/mol. The van der Waals surface area contributed by atoms with Crippen LogP contribution in [0.5, 0.6) is 0 Å². The SMILES string of the molecule is Cc1ccc(N[SH](=O)=O)cc1Cc1ccccc1. The van der Waals surface area contributed by atoms with Gasteiger partial charge in [-0.3, -0.25) is 4.72 Å². The summed E-state index contributed by atoms with van der Waals surface area (Å²) in [7, 11) is -2.61. The van der Waals surface area contributed by atoms with Gasteiger partial charge in [0.1, 0.15) is 0 Å². The van der Waals surface area contributed by atoms with Crippen LogP contribution < -0.4 is 4.72 Å². The van der Waals surface area contributed by atoms with E-state index in [9.17, 15) is 8.42 Å². The molecule has 4 heteroatoms. The van der Waals surface area contributed by atoms with Gasteiger partial charge in [0.05, 0.1) is 0 Å². The van der Waals surface area contributed by atoms with E-state index in [1.165, 1.54) is 5.56 Å². The van der Waals surface area contributed by atoms with Crippen molar-refractivity contribution in [3.05, 3.63) is 65.2 Å². The lowest BCUT2D eigenvalue weighted by Gasteiger charge is -2.08. The molecule has 0 aliphatic carbocycles. The molecular formula is C14H15NO2S. The second kappa shape index (κ2) is 5.69. The van der Waals surface area contributed by atoms with Crippen LogP contribution in [0.2, 0.25) is 0 Å². The maximum atomic E-state index is 10.6. The third-order valence-electron chi connectivity index (χ3n) is 2.81. The number of rotatable bonds is 4. The number of aryl methyl sites for hydroxylation is 1. The van der Waals surface area contributed by atoms with E-state index in [1.54, 1.807) is 6.07 Å². The van der Waals surface area contributed by atoms with Gasteiger partial charge in [-0.05, 0) is 42.2 Å². The van der Waals surface area contributed by atoms with Gasteiger partial charge < -0.3 is 0 Å². The fourth-order valence-corrected chi connectivity index (χ4v) is 2.20. The minimum absolute atomic E-state index is 0.614. The Morgan fingerprint density at radius 1 is 1.06 bits per heavy atom. The maximum Gasteiger partial charge on any atom is 0.222 e. The zero-order chi connectivity index (χ0) is 13.0. The monoisotopic (exact) mass is 261 g/mol. The van der Waals surface area contributed by atoms with Gasteiger partial charge in [0, 0.05) is 5.69 Å². The molecule has 0 aliphatic rings. The Morgan fingerprint density at radius 2 is 1.78 bits per heavy atom. The summed E-state index contributed by atoms with van der Waals surface area (Å²) in [5, 5.41) is 0. The first-order valence-electron chi connectivity index (χ1n) is 5.69. The fourth-order valence-electron chi connectivity index (χ4n) is 1.85. The Kier molecular flexibility index (Phi) is 3.99. The van der Waals surface area contributed by atoms with E-state index in [-0.39, 0.29) is 0 Å². The molecule has 2 aromatic rings. The van der Waals surface area contributed by atoms with Crippen molar-refractivity contribution in [3.8, 4) is 0 Å². The van der Waals surface area contributed by atoms with E-state index in [2.05, 4.69) is 16.9 Å². The van der Waals surface area contributed by atoms with Gasteiger partial charge in [0.25, 0.3) is 0 Å². The van der Waals surface area contributed by atoms with Crippen molar-refractivity contribution >= 4 is 16.6 Å². The lowest BCUT2D eigenvalue weighted by atomic mass is 10.0. The summed E-state index contributed by atoms with van der Waals surface area (Å²) in [4.78, 5) is 0. The average Bonchev–Trinajstić information content (AvgIpc) is 2.34. The lowest BCUT2D eigenvalue weighted by molar-refractivity contribution is 0.619. The number of anilines is 1. The summed E-state index contributed by atoms with van der Waals surface area (Å²) < 4.78 is 23.7. The van der Waals surface area contributed by atoms with Gasteiger partial charge in [-0.2, -0.15) is 0 Å². The van der Waals surface area contributed by atoms with E-state index in [0.29, 0.717) is 5.69 Å². The van der Waals surface area contributed by atoms with Gasteiger partial charge in [-0.25, -0.2) is 8.42 Å². The number of hydrogen-bond acceptors (Lipinski definition) is 2. The standard InChI is InChI=1S/C14H15NO2S/c1-11-7-8-14(15-18(16)17)10-13(11)9-12-5-3-2-4-6-12/h2-8,10,18H,9H2,1H3,(H,15,16,17). The first kappa shape index (κ1) is 12.6. The normalized spacial score (nSPS) is 10.6. The molecule has 0 unspecified atom stereocenters. The van der Waals surface area contributed by atoms with Crippen molar-refractivity contribution in [2.45, 2.75) is 13.3 Å². The summed E-state index contributed by atoms with van der Waals surface area (Å²) in [5.41, 5.74) is 4.11. The highest BCUT2D eigenvalue weighted by atomic mass is 32.2. The minimum Gasteiger partial charge on any atom is -0.286 e. The first-order chi connectivity index (χ1) is 8.65. The average molecular weight is 261 g/mol. The zero-order valence-electron chi connectivity index (χ0n) is 10.1. The second-order valence-corrected chi connectivity index (χ2v) is 4.91. The van der Waals surface area contributed by atoms with Gasteiger partial charge >= 0.3 is 0 Å². The third kappa shape index (κ3) is 3.34. The summed E-state index contributed by atoms with van der Waals surface area (Å²) in [6.07, 6.45) is 0.803. The molecule has 2 rings (SSSR count). The molecule has 0 spiro atoms. The molecule has 0 saturated carbocycles. The van der Waals surface area contributed by atoms with Crippen LogP contribution in [0.4, 0.5) is 5.69 Å². The molecule has 94 valence electrons. The number of hydrogen-bond donors (Lipinski definition) is 2. The Labute approximate surface area is 109 Å². The predicted molar refractivity (Wildman–Crippen MR) is 74.4 cm³/mol. The number of nitrogens with one attached hydrogen (secondary N) is 1. The molecule has 0 amide bonds. The van der Waals surface area contributed by atoms with Gasteiger partial charge in [0.15, 0.2) is 0 Å². The highest BCUT2D eigenvalue weighted by Gasteiger charge is 2.02. The van der Waals surface area contributed by atoms with Gasteiger partial charge in [0.2, 0.25) is 10.9 Å². The fraction of sp³-hybridized carbons (Fsp3) is 0.143. The van der Waals surface area contributed by atoms with E-state index < -0.39 is 10.9 Å². The van der Waals surface area contributed by atoms with Crippen molar-refractivity contribution < 1.29 is 8.42 Å². The van der Waals surface area contributed by atoms with Crippen LogP contribution in [-0.2, 0) is 17.3 Å². The summed E-state index contributed by atoms with van der Waals surface area (Å²) in [5.74, 6) is 0. The van der Waals surface area contributed by atoms with Gasteiger partial charge in [-0.1, -0.05) is 36.4 Å². The van der Waals surface area contributed by atoms with E-state index in [0.717, 1.165) is 17.5 Å². The number of thiol groups is 1. The molecule has 0 bridgehead atoms.